The first-order valence-electron chi connectivity index (χ1n) is 6.36. The lowest BCUT2D eigenvalue weighted by atomic mass is 10.2. The quantitative estimate of drug-likeness (QED) is 0.721. The molecule has 2 N–H and O–H groups in total. The minimum Gasteiger partial charge on any atom is -0.357 e. The molecule has 0 amide bonds. The Hall–Kier alpha value is -2.25. The number of aromatic nitrogens is 6. The Balaban J connectivity index is 2.12. The molecule has 0 saturated heterocycles. The molecule has 8 nitrogen and oxygen atoms in total. The van der Waals surface area contributed by atoms with E-state index in [2.05, 4.69) is 42.6 Å². The third-order valence-corrected chi connectivity index (χ3v) is 2.53. The van der Waals surface area contributed by atoms with Crippen LogP contribution in [0.3, 0.4) is 0 Å². The Bertz CT molecular complexity index is 495. The SMILES string of the molecule is CCCCCNc1nc(NC)nc(-n2cncn2)n1. The van der Waals surface area contributed by atoms with E-state index in [9.17, 15) is 0 Å². The molecule has 2 rings (SSSR count). The Morgan fingerprint density at radius 2 is 2.00 bits per heavy atom. The number of rotatable bonds is 7. The smallest absolute Gasteiger partial charge is 0.258 e. The summed E-state index contributed by atoms with van der Waals surface area (Å²) in [5.41, 5.74) is 0. The molecule has 8 heteroatoms. The van der Waals surface area contributed by atoms with E-state index in [0.29, 0.717) is 17.8 Å². The zero-order chi connectivity index (χ0) is 13.5. The largest absolute Gasteiger partial charge is 0.357 e. The second-order valence-corrected chi connectivity index (χ2v) is 4.01. The molecule has 0 spiro atoms. The first-order valence-corrected chi connectivity index (χ1v) is 6.36. The van der Waals surface area contributed by atoms with Crippen LogP contribution in [-0.2, 0) is 0 Å². The number of nitrogens with zero attached hydrogens (tertiary/aromatic N) is 6. The molecule has 2 aromatic heterocycles. The maximum Gasteiger partial charge on any atom is 0.258 e. The van der Waals surface area contributed by atoms with Crippen LogP contribution in [-0.4, -0.2) is 43.3 Å². The summed E-state index contributed by atoms with van der Waals surface area (Å²) in [5, 5.41) is 10.1. The molecular weight excluding hydrogens is 244 g/mol. The summed E-state index contributed by atoms with van der Waals surface area (Å²) in [6.45, 7) is 3.02. The standard InChI is InChI=1S/C11H18N8/c1-3-4-5-6-14-10-16-9(12-2)17-11(18-10)19-8-13-7-15-19/h7-8H,3-6H2,1-2H3,(H2,12,14,16,17,18). The summed E-state index contributed by atoms with van der Waals surface area (Å²) in [6.07, 6.45) is 6.46. The van der Waals surface area contributed by atoms with E-state index in [0.717, 1.165) is 13.0 Å². The van der Waals surface area contributed by atoms with Gasteiger partial charge in [-0.25, -0.2) is 4.98 Å². The van der Waals surface area contributed by atoms with Crippen molar-refractivity contribution in [1.29, 1.82) is 0 Å². The third kappa shape index (κ3) is 3.60. The Kier molecular flexibility index (Phi) is 4.60. The van der Waals surface area contributed by atoms with Crippen LogP contribution in [0.2, 0.25) is 0 Å². The lowest BCUT2D eigenvalue weighted by Gasteiger charge is -2.07. The normalized spacial score (nSPS) is 10.4. The summed E-state index contributed by atoms with van der Waals surface area (Å²) in [6, 6.07) is 0. The molecule has 2 heterocycles. The molecule has 0 aliphatic carbocycles. The van der Waals surface area contributed by atoms with Crippen molar-refractivity contribution < 1.29 is 0 Å². The van der Waals surface area contributed by atoms with E-state index in [1.807, 2.05) is 0 Å². The van der Waals surface area contributed by atoms with E-state index in [1.54, 1.807) is 13.4 Å². The molecule has 2 aromatic rings. The number of nitrogens with one attached hydrogen (secondary N) is 2. The van der Waals surface area contributed by atoms with Crippen LogP contribution >= 0.6 is 0 Å². The highest BCUT2D eigenvalue weighted by molar-refractivity contribution is 5.37. The Morgan fingerprint density at radius 1 is 1.16 bits per heavy atom. The van der Waals surface area contributed by atoms with Crippen molar-refractivity contribution in [3.05, 3.63) is 12.7 Å². The fraction of sp³-hybridized carbons (Fsp3) is 0.545. The van der Waals surface area contributed by atoms with Gasteiger partial charge >= 0.3 is 0 Å². The van der Waals surface area contributed by atoms with E-state index < -0.39 is 0 Å². The lowest BCUT2D eigenvalue weighted by Crippen LogP contribution is -2.12. The number of anilines is 2. The van der Waals surface area contributed by atoms with Gasteiger partial charge in [0.25, 0.3) is 5.95 Å². The second kappa shape index (κ2) is 6.62. The van der Waals surface area contributed by atoms with Crippen molar-refractivity contribution in [1.82, 2.24) is 29.7 Å². The fourth-order valence-corrected chi connectivity index (χ4v) is 1.54. The summed E-state index contributed by atoms with van der Waals surface area (Å²) >= 11 is 0. The van der Waals surface area contributed by atoms with Gasteiger partial charge in [-0.1, -0.05) is 19.8 Å². The average molecular weight is 262 g/mol. The Morgan fingerprint density at radius 3 is 2.68 bits per heavy atom. The highest BCUT2D eigenvalue weighted by Crippen LogP contribution is 2.08. The monoisotopic (exact) mass is 262 g/mol. The van der Waals surface area contributed by atoms with Crippen LogP contribution in [0.25, 0.3) is 5.95 Å². The molecule has 19 heavy (non-hydrogen) atoms. The predicted octanol–water partition coefficient (Wildman–Crippen LogP) is 1.10. The summed E-state index contributed by atoms with van der Waals surface area (Å²) < 4.78 is 1.50. The third-order valence-electron chi connectivity index (χ3n) is 2.53. The van der Waals surface area contributed by atoms with E-state index in [4.69, 9.17) is 0 Å². The summed E-state index contributed by atoms with van der Waals surface area (Å²) in [7, 11) is 1.77. The maximum absolute atomic E-state index is 4.31. The average Bonchev–Trinajstić information content (AvgIpc) is 2.97. The van der Waals surface area contributed by atoms with Gasteiger partial charge in [-0.15, -0.1) is 0 Å². The van der Waals surface area contributed by atoms with Gasteiger partial charge in [0.1, 0.15) is 12.7 Å². The van der Waals surface area contributed by atoms with E-state index in [-0.39, 0.29) is 0 Å². The van der Waals surface area contributed by atoms with Crippen molar-refractivity contribution in [3.8, 4) is 5.95 Å². The van der Waals surface area contributed by atoms with Gasteiger partial charge in [-0.05, 0) is 6.42 Å². The van der Waals surface area contributed by atoms with E-state index in [1.165, 1.54) is 23.9 Å². The van der Waals surface area contributed by atoms with Gasteiger partial charge in [0.2, 0.25) is 11.9 Å². The fourth-order valence-electron chi connectivity index (χ4n) is 1.54. The Labute approximate surface area is 111 Å². The van der Waals surface area contributed by atoms with Crippen molar-refractivity contribution in [2.45, 2.75) is 26.2 Å². The molecule has 0 fully saturated rings. The molecule has 0 radical (unpaired) electrons. The number of hydrogen-bond acceptors (Lipinski definition) is 7. The second-order valence-electron chi connectivity index (χ2n) is 4.01. The van der Waals surface area contributed by atoms with Gasteiger partial charge in [0.05, 0.1) is 0 Å². The van der Waals surface area contributed by atoms with Gasteiger partial charge in [-0.3, -0.25) is 0 Å². The van der Waals surface area contributed by atoms with Gasteiger partial charge in [-0.2, -0.15) is 24.7 Å². The summed E-state index contributed by atoms with van der Waals surface area (Å²) in [4.78, 5) is 16.7. The van der Waals surface area contributed by atoms with Crippen molar-refractivity contribution in [2.75, 3.05) is 24.2 Å². The molecule has 0 saturated carbocycles. The number of hydrogen-bond donors (Lipinski definition) is 2. The highest BCUT2D eigenvalue weighted by Gasteiger charge is 2.07. The van der Waals surface area contributed by atoms with Crippen molar-refractivity contribution in [3.63, 3.8) is 0 Å². The molecule has 102 valence electrons. The predicted molar refractivity (Wildman–Crippen MR) is 72.3 cm³/mol. The van der Waals surface area contributed by atoms with E-state index >= 15 is 0 Å². The maximum atomic E-state index is 4.31. The van der Waals surface area contributed by atoms with Crippen LogP contribution in [0, 0.1) is 0 Å². The minimum absolute atomic E-state index is 0.440. The molecule has 0 aliphatic rings. The zero-order valence-corrected chi connectivity index (χ0v) is 11.2. The van der Waals surface area contributed by atoms with Crippen LogP contribution in [0.4, 0.5) is 11.9 Å². The minimum atomic E-state index is 0.440. The van der Waals surface area contributed by atoms with Gasteiger partial charge in [0, 0.05) is 13.6 Å². The molecule has 0 bridgehead atoms. The topological polar surface area (TPSA) is 93.4 Å². The van der Waals surface area contributed by atoms with Crippen LogP contribution in [0.15, 0.2) is 12.7 Å². The van der Waals surface area contributed by atoms with Crippen LogP contribution in [0.5, 0.6) is 0 Å². The van der Waals surface area contributed by atoms with Crippen molar-refractivity contribution in [2.24, 2.45) is 0 Å². The zero-order valence-electron chi connectivity index (χ0n) is 11.2. The van der Waals surface area contributed by atoms with Crippen LogP contribution < -0.4 is 10.6 Å². The first kappa shape index (κ1) is 13.2. The van der Waals surface area contributed by atoms with Crippen LogP contribution in [0.1, 0.15) is 26.2 Å². The molecule has 0 aliphatic heterocycles. The molecular formula is C11H18N8. The van der Waals surface area contributed by atoms with Gasteiger partial charge < -0.3 is 10.6 Å². The first-order chi connectivity index (χ1) is 9.33. The van der Waals surface area contributed by atoms with Gasteiger partial charge in [0.15, 0.2) is 0 Å². The highest BCUT2D eigenvalue weighted by atomic mass is 15.4. The van der Waals surface area contributed by atoms with Crippen molar-refractivity contribution >= 4 is 11.9 Å². The summed E-state index contributed by atoms with van der Waals surface area (Å²) in [5.74, 6) is 1.48. The number of unbranched alkanes of at least 4 members (excludes halogenated alkanes) is 2. The lowest BCUT2D eigenvalue weighted by molar-refractivity contribution is 0.736. The molecule has 0 unspecified atom stereocenters. The molecule has 0 atom stereocenters. The molecule has 0 aromatic carbocycles.